The Morgan fingerprint density at radius 2 is 1.83 bits per heavy atom. The number of amides is 1. The molecule has 1 atom stereocenters. The second-order valence-electron chi connectivity index (χ2n) is 5.80. The minimum Gasteiger partial charge on any atom is -0.369 e. The van der Waals surface area contributed by atoms with Crippen molar-refractivity contribution in [2.75, 3.05) is 10.8 Å². The van der Waals surface area contributed by atoms with Crippen LogP contribution in [0.4, 0.5) is 5.69 Å². The first-order valence-corrected chi connectivity index (χ1v) is 9.04. The van der Waals surface area contributed by atoms with Crippen LogP contribution in [0.3, 0.4) is 0 Å². The summed E-state index contributed by atoms with van der Waals surface area (Å²) >= 11 is 0. The first-order valence-electron chi connectivity index (χ1n) is 7.54. The molecule has 2 N–H and O–H groups in total. The molecule has 0 saturated heterocycles. The zero-order valence-electron chi connectivity index (χ0n) is 13.2. The summed E-state index contributed by atoms with van der Waals surface area (Å²) in [6.45, 7) is 2.00. The van der Waals surface area contributed by atoms with Crippen LogP contribution in [0, 0.1) is 6.92 Å². The van der Waals surface area contributed by atoms with E-state index in [0.717, 1.165) is 16.5 Å². The number of benzene rings is 2. The Bertz CT molecular complexity index is 902. The fourth-order valence-electron chi connectivity index (χ4n) is 2.77. The lowest BCUT2D eigenvalue weighted by Gasteiger charge is -2.17. The van der Waals surface area contributed by atoms with E-state index in [1.54, 1.807) is 30.3 Å². The Morgan fingerprint density at radius 3 is 2.50 bits per heavy atom. The molecule has 0 saturated carbocycles. The topological polar surface area (TPSA) is 80.5 Å². The van der Waals surface area contributed by atoms with E-state index >= 15 is 0 Å². The zero-order valence-corrected chi connectivity index (χ0v) is 14.0. The van der Waals surface area contributed by atoms with Gasteiger partial charge in [0.15, 0.2) is 0 Å². The molecule has 0 unspecified atom stereocenters. The highest BCUT2D eigenvalue weighted by Crippen LogP contribution is 2.38. The molecular weight excluding hydrogens is 324 g/mol. The maximum Gasteiger partial charge on any atom is 0.257 e. The number of nitrogens with two attached hydrogens (primary N) is 1. The van der Waals surface area contributed by atoms with E-state index in [2.05, 4.69) is 0 Å². The van der Waals surface area contributed by atoms with Gasteiger partial charge in [-0.2, -0.15) is 0 Å². The molecular formula is C18H18N2O3S. The van der Waals surface area contributed by atoms with Crippen molar-refractivity contribution in [3.05, 3.63) is 70.6 Å². The SMILES string of the molecule is Cc1ccc(/C=C/S(=O)(=O)N2C[C@@H](C(N)=O)c3ccccc32)cc1. The molecule has 6 heteroatoms. The third-order valence-electron chi connectivity index (χ3n) is 4.09. The summed E-state index contributed by atoms with van der Waals surface area (Å²) in [6.07, 6.45) is 1.55. The summed E-state index contributed by atoms with van der Waals surface area (Å²) in [4.78, 5) is 11.6. The predicted octanol–water partition coefficient (Wildman–Crippen LogP) is 2.38. The normalized spacial score (nSPS) is 17.2. The number of para-hydroxylation sites is 1. The number of fused-ring (bicyclic) bond motifs is 1. The fourth-order valence-corrected chi connectivity index (χ4v) is 4.04. The molecule has 5 nitrogen and oxygen atoms in total. The van der Waals surface area contributed by atoms with Gasteiger partial charge < -0.3 is 5.73 Å². The summed E-state index contributed by atoms with van der Waals surface area (Å²) in [7, 11) is -3.70. The smallest absolute Gasteiger partial charge is 0.257 e. The summed E-state index contributed by atoms with van der Waals surface area (Å²) in [5.74, 6) is -1.15. The number of hydrogen-bond acceptors (Lipinski definition) is 3. The molecule has 1 aliphatic heterocycles. The summed E-state index contributed by atoms with van der Waals surface area (Å²) in [5.41, 5.74) is 8.48. The zero-order chi connectivity index (χ0) is 17.3. The number of carbonyl (C=O) groups is 1. The van der Waals surface area contributed by atoms with Crippen LogP contribution in [-0.4, -0.2) is 20.9 Å². The molecule has 0 bridgehead atoms. The highest BCUT2D eigenvalue weighted by molar-refractivity contribution is 7.95. The van der Waals surface area contributed by atoms with Gasteiger partial charge in [-0.3, -0.25) is 9.10 Å². The third-order valence-corrected chi connectivity index (χ3v) is 5.53. The van der Waals surface area contributed by atoms with Crippen LogP contribution in [0.15, 0.2) is 53.9 Å². The van der Waals surface area contributed by atoms with Gasteiger partial charge >= 0.3 is 0 Å². The number of anilines is 1. The Morgan fingerprint density at radius 1 is 1.17 bits per heavy atom. The number of aryl methyl sites for hydroxylation is 1. The van der Waals surface area contributed by atoms with Gasteiger partial charge in [0.1, 0.15) is 0 Å². The molecule has 0 radical (unpaired) electrons. The van der Waals surface area contributed by atoms with Gasteiger partial charge in [-0.1, -0.05) is 48.0 Å². The van der Waals surface area contributed by atoms with Crippen molar-refractivity contribution in [3.8, 4) is 0 Å². The predicted molar refractivity (Wildman–Crippen MR) is 94.9 cm³/mol. The number of rotatable bonds is 4. The van der Waals surface area contributed by atoms with Crippen LogP contribution >= 0.6 is 0 Å². The first-order chi connectivity index (χ1) is 11.4. The second kappa shape index (κ2) is 6.13. The fraction of sp³-hybridized carbons (Fsp3) is 0.167. The number of carbonyl (C=O) groups excluding carboxylic acids is 1. The van der Waals surface area contributed by atoms with E-state index < -0.39 is 21.8 Å². The molecule has 1 aliphatic rings. The average Bonchev–Trinajstić information content (AvgIpc) is 2.95. The lowest BCUT2D eigenvalue weighted by molar-refractivity contribution is -0.119. The minimum atomic E-state index is -3.70. The Balaban J connectivity index is 1.93. The first kappa shape index (κ1) is 16.3. The number of nitrogens with zero attached hydrogens (tertiary/aromatic N) is 1. The van der Waals surface area contributed by atoms with E-state index in [0.29, 0.717) is 11.3 Å². The van der Waals surface area contributed by atoms with E-state index in [9.17, 15) is 13.2 Å². The molecule has 2 aromatic carbocycles. The van der Waals surface area contributed by atoms with Crippen LogP contribution in [0.1, 0.15) is 22.6 Å². The van der Waals surface area contributed by atoms with Gasteiger partial charge in [0.25, 0.3) is 10.0 Å². The van der Waals surface area contributed by atoms with Gasteiger partial charge in [-0.05, 0) is 30.2 Å². The molecule has 3 rings (SSSR count). The van der Waals surface area contributed by atoms with E-state index in [-0.39, 0.29) is 6.54 Å². The van der Waals surface area contributed by atoms with Crippen LogP contribution in [0.5, 0.6) is 0 Å². The molecule has 124 valence electrons. The Kier molecular flexibility index (Phi) is 4.15. The highest BCUT2D eigenvalue weighted by Gasteiger charge is 2.37. The maximum absolute atomic E-state index is 12.7. The van der Waals surface area contributed by atoms with Crippen molar-refractivity contribution < 1.29 is 13.2 Å². The summed E-state index contributed by atoms with van der Waals surface area (Å²) in [5, 5.41) is 1.16. The summed E-state index contributed by atoms with van der Waals surface area (Å²) < 4.78 is 26.6. The monoisotopic (exact) mass is 342 g/mol. The van der Waals surface area contributed by atoms with Crippen molar-refractivity contribution >= 4 is 27.7 Å². The maximum atomic E-state index is 12.7. The van der Waals surface area contributed by atoms with Gasteiger partial charge in [-0.15, -0.1) is 0 Å². The molecule has 0 aromatic heterocycles. The lowest BCUT2D eigenvalue weighted by atomic mass is 10.0. The van der Waals surface area contributed by atoms with E-state index in [1.165, 1.54) is 4.31 Å². The van der Waals surface area contributed by atoms with E-state index in [4.69, 9.17) is 5.73 Å². The Labute approximate surface area is 141 Å². The van der Waals surface area contributed by atoms with Crippen LogP contribution in [-0.2, 0) is 14.8 Å². The van der Waals surface area contributed by atoms with Crippen molar-refractivity contribution in [1.29, 1.82) is 0 Å². The average molecular weight is 342 g/mol. The molecule has 0 spiro atoms. The summed E-state index contributed by atoms with van der Waals surface area (Å²) in [6, 6.07) is 14.5. The standard InChI is InChI=1S/C18H18N2O3S/c1-13-6-8-14(9-7-13)10-11-24(22,23)20-12-16(18(19)21)15-4-2-3-5-17(15)20/h2-11,16H,12H2,1H3,(H2,19,21)/b11-10+/t16-/m1/s1. The van der Waals surface area contributed by atoms with Crippen molar-refractivity contribution in [1.82, 2.24) is 0 Å². The molecule has 0 fully saturated rings. The van der Waals surface area contributed by atoms with Crippen molar-refractivity contribution in [3.63, 3.8) is 0 Å². The van der Waals surface area contributed by atoms with E-state index in [1.807, 2.05) is 31.2 Å². The van der Waals surface area contributed by atoms with Gasteiger partial charge in [0.2, 0.25) is 5.91 Å². The second-order valence-corrected chi connectivity index (χ2v) is 7.55. The van der Waals surface area contributed by atoms with Crippen molar-refractivity contribution in [2.24, 2.45) is 5.73 Å². The number of hydrogen-bond donors (Lipinski definition) is 1. The third kappa shape index (κ3) is 3.05. The van der Waals surface area contributed by atoms with Crippen LogP contribution in [0.25, 0.3) is 6.08 Å². The van der Waals surface area contributed by atoms with Gasteiger partial charge in [0, 0.05) is 0 Å². The van der Waals surface area contributed by atoms with Crippen LogP contribution < -0.4 is 10.0 Å². The molecule has 2 aromatic rings. The van der Waals surface area contributed by atoms with Crippen molar-refractivity contribution in [2.45, 2.75) is 12.8 Å². The minimum absolute atomic E-state index is 0.0370. The highest BCUT2D eigenvalue weighted by atomic mass is 32.2. The molecule has 24 heavy (non-hydrogen) atoms. The van der Waals surface area contributed by atoms with Gasteiger partial charge in [0.05, 0.1) is 23.6 Å². The molecule has 1 amide bonds. The number of primary amides is 1. The number of sulfonamides is 1. The molecule has 1 heterocycles. The van der Waals surface area contributed by atoms with Crippen LogP contribution in [0.2, 0.25) is 0 Å². The lowest BCUT2D eigenvalue weighted by Crippen LogP contribution is -2.31. The largest absolute Gasteiger partial charge is 0.369 e. The molecule has 0 aliphatic carbocycles. The Hall–Kier alpha value is -2.60. The quantitative estimate of drug-likeness (QED) is 0.926. The van der Waals surface area contributed by atoms with Gasteiger partial charge in [-0.25, -0.2) is 8.42 Å².